The standard InChI is InChI=1S/C19H20N4O3/c24-18-6-5-16(22-23-18)19(25)21-17-11-26-10-13(17)9-12-7-8-20-15-4-2-1-3-14(12)15/h1-4,7-8,13,17H,5-6,9-11H2,(H,21,25)(H,23,24)/t13-,17-/m1/s1. The first-order chi connectivity index (χ1) is 12.7. The highest BCUT2D eigenvalue weighted by atomic mass is 16.5. The highest BCUT2D eigenvalue weighted by Gasteiger charge is 2.31. The number of hydrazone groups is 1. The second kappa shape index (κ2) is 7.21. The summed E-state index contributed by atoms with van der Waals surface area (Å²) < 4.78 is 5.62. The molecule has 1 saturated heterocycles. The molecule has 0 spiro atoms. The Hall–Kier alpha value is -2.80. The molecular formula is C19H20N4O3. The number of rotatable bonds is 4. The number of pyridine rings is 1. The lowest BCUT2D eigenvalue weighted by atomic mass is 9.93. The molecule has 7 heteroatoms. The van der Waals surface area contributed by atoms with E-state index in [1.165, 1.54) is 5.56 Å². The number of carbonyl (C=O) groups is 2. The van der Waals surface area contributed by atoms with Gasteiger partial charge in [0.15, 0.2) is 0 Å². The maximum absolute atomic E-state index is 12.4. The predicted octanol–water partition coefficient (Wildman–Crippen LogP) is 1.17. The Kier molecular flexibility index (Phi) is 4.62. The molecule has 0 aliphatic carbocycles. The van der Waals surface area contributed by atoms with Gasteiger partial charge in [0.25, 0.3) is 5.91 Å². The lowest BCUT2D eigenvalue weighted by Crippen LogP contribution is -2.45. The number of ether oxygens (including phenoxy) is 1. The lowest BCUT2D eigenvalue weighted by molar-refractivity contribution is -0.121. The fourth-order valence-corrected chi connectivity index (χ4v) is 3.46. The van der Waals surface area contributed by atoms with Crippen molar-refractivity contribution < 1.29 is 14.3 Å². The van der Waals surface area contributed by atoms with Crippen LogP contribution in [0.25, 0.3) is 10.9 Å². The zero-order valence-corrected chi connectivity index (χ0v) is 14.3. The third-order valence-corrected chi connectivity index (χ3v) is 4.90. The SMILES string of the molecule is O=C1CCC(C(=O)N[C@@H]2COC[C@H]2Cc2ccnc3ccccc23)=NN1. The van der Waals surface area contributed by atoms with Crippen molar-refractivity contribution in [3.05, 3.63) is 42.1 Å². The van der Waals surface area contributed by atoms with E-state index in [9.17, 15) is 9.59 Å². The fourth-order valence-electron chi connectivity index (χ4n) is 3.46. The molecule has 2 amide bonds. The van der Waals surface area contributed by atoms with Crippen LogP contribution >= 0.6 is 0 Å². The van der Waals surface area contributed by atoms with Gasteiger partial charge in [0, 0.05) is 30.3 Å². The topological polar surface area (TPSA) is 92.7 Å². The number of hydrogen-bond donors (Lipinski definition) is 2. The Morgan fingerprint density at radius 3 is 2.96 bits per heavy atom. The van der Waals surface area contributed by atoms with Crippen LogP contribution in [0, 0.1) is 5.92 Å². The average Bonchev–Trinajstić information content (AvgIpc) is 3.09. The van der Waals surface area contributed by atoms with Crippen LogP contribution in [0.1, 0.15) is 18.4 Å². The number of aromatic nitrogens is 1. The van der Waals surface area contributed by atoms with Gasteiger partial charge in [-0.25, -0.2) is 5.43 Å². The predicted molar refractivity (Wildman–Crippen MR) is 96.5 cm³/mol. The van der Waals surface area contributed by atoms with Gasteiger partial charge in [-0.2, -0.15) is 5.10 Å². The summed E-state index contributed by atoms with van der Waals surface area (Å²) in [6.45, 7) is 1.09. The van der Waals surface area contributed by atoms with E-state index in [0.29, 0.717) is 31.8 Å². The van der Waals surface area contributed by atoms with E-state index in [0.717, 1.165) is 17.3 Å². The average molecular weight is 352 g/mol. The molecule has 2 atom stereocenters. The van der Waals surface area contributed by atoms with Crippen molar-refractivity contribution in [2.24, 2.45) is 11.0 Å². The van der Waals surface area contributed by atoms with E-state index in [4.69, 9.17) is 4.74 Å². The van der Waals surface area contributed by atoms with Crippen LogP contribution < -0.4 is 10.7 Å². The molecule has 2 N–H and O–H groups in total. The van der Waals surface area contributed by atoms with Crippen molar-refractivity contribution in [3.63, 3.8) is 0 Å². The molecule has 1 fully saturated rings. The van der Waals surface area contributed by atoms with E-state index in [-0.39, 0.29) is 23.8 Å². The van der Waals surface area contributed by atoms with Crippen LogP contribution in [0.4, 0.5) is 0 Å². The number of nitrogens with zero attached hydrogens (tertiary/aromatic N) is 2. The molecule has 7 nitrogen and oxygen atoms in total. The fraction of sp³-hybridized carbons (Fsp3) is 0.368. The summed E-state index contributed by atoms with van der Waals surface area (Å²) >= 11 is 0. The van der Waals surface area contributed by atoms with Crippen molar-refractivity contribution in [2.75, 3.05) is 13.2 Å². The summed E-state index contributed by atoms with van der Waals surface area (Å²) in [7, 11) is 0. The monoisotopic (exact) mass is 352 g/mol. The molecule has 0 unspecified atom stereocenters. The van der Waals surface area contributed by atoms with Crippen molar-refractivity contribution in [1.29, 1.82) is 0 Å². The Bertz CT molecular complexity index is 875. The van der Waals surface area contributed by atoms with Crippen LogP contribution in [0.15, 0.2) is 41.6 Å². The molecule has 4 rings (SSSR count). The highest BCUT2D eigenvalue weighted by molar-refractivity contribution is 6.39. The summed E-state index contributed by atoms with van der Waals surface area (Å²) in [5.41, 5.74) is 4.90. The molecule has 0 bridgehead atoms. The van der Waals surface area contributed by atoms with E-state index in [1.807, 2.05) is 30.5 Å². The van der Waals surface area contributed by atoms with Crippen LogP contribution in [-0.4, -0.2) is 41.8 Å². The third-order valence-electron chi connectivity index (χ3n) is 4.90. The Balaban J connectivity index is 1.46. The number of hydrogen-bond acceptors (Lipinski definition) is 5. The summed E-state index contributed by atoms with van der Waals surface area (Å²) in [4.78, 5) is 28.0. The number of benzene rings is 1. The summed E-state index contributed by atoms with van der Waals surface area (Å²) in [5.74, 6) is -0.207. The van der Waals surface area contributed by atoms with E-state index in [1.54, 1.807) is 0 Å². The first kappa shape index (κ1) is 16.7. The summed E-state index contributed by atoms with van der Waals surface area (Å²) in [6, 6.07) is 10.0. The molecule has 2 aliphatic heterocycles. The summed E-state index contributed by atoms with van der Waals surface area (Å²) in [6.07, 6.45) is 3.28. The van der Waals surface area contributed by atoms with Crippen molar-refractivity contribution in [3.8, 4) is 0 Å². The number of nitrogens with one attached hydrogen (secondary N) is 2. The second-order valence-corrected chi connectivity index (χ2v) is 6.66. The van der Waals surface area contributed by atoms with Crippen LogP contribution in [0.5, 0.6) is 0 Å². The Morgan fingerprint density at radius 1 is 1.23 bits per heavy atom. The van der Waals surface area contributed by atoms with Crippen LogP contribution in [0.2, 0.25) is 0 Å². The van der Waals surface area contributed by atoms with Gasteiger partial charge >= 0.3 is 0 Å². The number of amides is 2. The van der Waals surface area contributed by atoms with Crippen LogP contribution in [-0.2, 0) is 20.7 Å². The van der Waals surface area contributed by atoms with Crippen LogP contribution in [0.3, 0.4) is 0 Å². The maximum atomic E-state index is 12.4. The first-order valence-electron chi connectivity index (χ1n) is 8.77. The van der Waals surface area contributed by atoms with Gasteiger partial charge in [0.1, 0.15) is 5.71 Å². The molecule has 2 aromatic rings. The Morgan fingerprint density at radius 2 is 2.12 bits per heavy atom. The zero-order valence-electron chi connectivity index (χ0n) is 14.3. The molecule has 2 aliphatic rings. The molecule has 26 heavy (non-hydrogen) atoms. The van der Waals surface area contributed by atoms with Gasteiger partial charge in [-0.3, -0.25) is 14.6 Å². The van der Waals surface area contributed by atoms with Crippen molar-refractivity contribution in [2.45, 2.75) is 25.3 Å². The van der Waals surface area contributed by atoms with E-state index < -0.39 is 0 Å². The molecule has 0 saturated carbocycles. The quantitative estimate of drug-likeness (QED) is 0.864. The molecular weight excluding hydrogens is 332 g/mol. The molecule has 134 valence electrons. The minimum absolute atomic E-state index is 0.0743. The lowest BCUT2D eigenvalue weighted by Gasteiger charge is -2.21. The van der Waals surface area contributed by atoms with Crippen molar-refractivity contribution in [1.82, 2.24) is 15.7 Å². The minimum Gasteiger partial charge on any atom is -0.379 e. The maximum Gasteiger partial charge on any atom is 0.267 e. The van der Waals surface area contributed by atoms with Gasteiger partial charge in [0.05, 0.1) is 24.8 Å². The van der Waals surface area contributed by atoms with Gasteiger partial charge in [-0.1, -0.05) is 18.2 Å². The second-order valence-electron chi connectivity index (χ2n) is 6.66. The smallest absolute Gasteiger partial charge is 0.267 e. The normalized spacial score (nSPS) is 22.8. The highest BCUT2D eigenvalue weighted by Crippen LogP contribution is 2.24. The Labute approximate surface area is 150 Å². The molecule has 1 aromatic heterocycles. The van der Waals surface area contributed by atoms with Gasteiger partial charge in [0.2, 0.25) is 5.91 Å². The van der Waals surface area contributed by atoms with E-state index in [2.05, 4.69) is 26.9 Å². The van der Waals surface area contributed by atoms with Gasteiger partial charge < -0.3 is 10.1 Å². The van der Waals surface area contributed by atoms with Crippen molar-refractivity contribution >= 4 is 28.4 Å². The molecule has 3 heterocycles. The largest absolute Gasteiger partial charge is 0.379 e. The molecule has 1 aromatic carbocycles. The van der Waals surface area contributed by atoms with E-state index >= 15 is 0 Å². The third kappa shape index (κ3) is 3.43. The first-order valence-corrected chi connectivity index (χ1v) is 8.77. The number of fused-ring (bicyclic) bond motifs is 1. The number of carbonyl (C=O) groups excluding carboxylic acids is 2. The zero-order chi connectivity index (χ0) is 17.9. The van der Waals surface area contributed by atoms with Gasteiger partial charge in [-0.15, -0.1) is 0 Å². The number of para-hydroxylation sites is 1. The minimum atomic E-state index is -0.231. The summed E-state index contributed by atoms with van der Waals surface area (Å²) in [5, 5.41) is 8.01. The molecule has 0 radical (unpaired) electrons. The van der Waals surface area contributed by atoms with Gasteiger partial charge in [-0.05, 0) is 24.1 Å².